The van der Waals surface area contributed by atoms with Crippen LogP contribution in [0.3, 0.4) is 0 Å². The molecule has 0 aliphatic rings. The van der Waals surface area contributed by atoms with Crippen LogP contribution in [0, 0.1) is 3.57 Å². The highest BCUT2D eigenvalue weighted by Crippen LogP contribution is 2.25. The lowest BCUT2D eigenvalue weighted by Gasteiger charge is -1.99. The molecule has 2 nitrogen and oxygen atoms in total. The van der Waals surface area contributed by atoms with Crippen LogP contribution in [0.15, 0.2) is 10.5 Å². The molecule has 1 rings (SSSR count). The number of nitrogens with zero attached hydrogens (tertiary/aromatic N) is 1. The largest absolute Gasteiger partial charge is 0.383 e. The molecule has 10 heavy (non-hydrogen) atoms. The Morgan fingerprint density at radius 2 is 2.30 bits per heavy atom. The maximum absolute atomic E-state index is 5.60. The SMILES string of the molecule is Nc1nc(Cl)cc(Br)c1I. The fourth-order valence-corrected chi connectivity index (χ4v) is 1.51. The first-order valence-corrected chi connectivity index (χ1v) is 4.63. The number of nitrogen functional groups attached to an aromatic ring is 1. The summed E-state index contributed by atoms with van der Waals surface area (Å²) in [7, 11) is 0. The van der Waals surface area contributed by atoms with Crippen molar-refractivity contribution in [2.45, 2.75) is 0 Å². The van der Waals surface area contributed by atoms with Crippen LogP contribution in [0.4, 0.5) is 5.82 Å². The second-order valence-electron chi connectivity index (χ2n) is 1.63. The molecule has 1 aromatic heterocycles. The van der Waals surface area contributed by atoms with Crippen molar-refractivity contribution >= 4 is 55.9 Å². The Bertz CT molecular complexity index is 243. The quantitative estimate of drug-likeness (QED) is 0.586. The van der Waals surface area contributed by atoms with E-state index in [2.05, 4.69) is 43.5 Å². The van der Waals surface area contributed by atoms with Crippen LogP contribution in [-0.4, -0.2) is 4.98 Å². The van der Waals surface area contributed by atoms with Gasteiger partial charge in [-0.15, -0.1) is 0 Å². The van der Waals surface area contributed by atoms with Crippen molar-refractivity contribution in [3.05, 3.63) is 19.3 Å². The molecule has 0 aromatic carbocycles. The molecule has 54 valence electrons. The number of pyridine rings is 1. The zero-order valence-electron chi connectivity index (χ0n) is 4.74. The first-order valence-electron chi connectivity index (χ1n) is 2.38. The zero-order valence-corrected chi connectivity index (χ0v) is 9.24. The van der Waals surface area contributed by atoms with Gasteiger partial charge in [-0.05, 0) is 44.6 Å². The van der Waals surface area contributed by atoms with Crippen LogP contribution in [0.25, 0.3) is 0 Å². The van der Waals surface area contributed by atoms with Crippen LogP contribution in [0.1, 0.15) is 0 Å². The van der Waals surface area contributed by atoms with E-state index in [1.807, 2.05) is 0 Å². The number of hydrogen-bond donors (Lipinski definition) is 1. The van der Waals surface area contributed by atoms with Gasteiger partial charge in [0.2, 0.25) is 0 Å². The van der Waals surface area contributed by atoms with E-state index in [1.54, 1.807) is 6.07 Å². The van der Waals surface area contributed by atoms with Gasteiger partial charge in [-0.3, -0.25) is 0 Å². The number of nitrogens with two attached hydrogens (primary N) is 1. The molecule has 0 radical (unpaired) electrons. The van der Waals surface area contributed by atoms with Gasteiger partial charge in [-0.2, -0.15) is 0 Å². The number of rotatable bonds is 0. The fraction of sp³-hybridized carbons (Fsp3) is 0. The number of hydrogen-bond acceptors (Lipinski definition) is 2. The predicted octanol–water partition coefficient (Wildman–Crippen LogP) is 2.68. The molecule has 0 amide bonds. The van der Waals surface area contributed by atoms with Crippen molar-refractivity contribution < 1.29 is 0 Å². The van der Waals surface area contributed by atoms with Crippen molar-refractivity contribution in [3.63, 3.8) is 0 Å². The molecule has 0 aliphatic heterocycles. The molecule has 0 saturated heterocycles. The summed E-state index contributed by atoms with van der Waals surface area (Å²) in [6, 6.07) is 1.71. The van der Waals surface area contributed by atoms with E-state index < -0.39 is 0 Å². The van der Waals surface area contributed by atoms with Crippen LogP contribution in [0.2, 0.25) is 5.15 Å². The molecule has 0 unspecified atom stereocenters. The molecule has 0 fully saturated rings. The Labute approximate surface area is 85.4 Å². The number of anilines is 1. The highest BCUT2D eigenvalue weighted by atomic mass is 127. The lowest BCUT2D eigenvalue weighted by Crippen LogP contribution is -1.94. The standard InChI is InChI=1S/C5H3BrClIN2/c6-2-1-3(7)10-5(9)4(2)8/h1H,(H2,9,10). The minimum Gasteiger partial charge on any atom is -0.383 e. The Hall–Kier alpha value is 0.450. The van der Waals surface area contributed by atoms with Crippen molar-refractivity contribution in [1.29, 1.82) is 0 Å². The summed E-state index contributed by atoms with van der Waals surface area (Å²) in [5.41, 5.74) is 5.49. The maximum Gasteiger partial charge on any atom is 0.139 e. The second-order valence-corrected chi connectivity index (χ2v) is 3.95. The highest BCUT2D eigenvalue weighted by molar-refractivity contribution is 14.1. The first-order chi connectivity index (χ1) is 4.61. The first kappa shape index (κ1) is 8.55. The Kier molecular flexibility index (Phi) is 2.76. The predicted molar refractivity (Wildman–Crippen MR) is 54.1 cm³/mol. The highest BCUT2D eigenvalue weighted by Gasteiger charge is 2.02. The third kappa shape index (κ3) is 1.73. The monoisotopic (exact) mass is 332 g/mol. The normalized spacial score (nSPS) is 9.90. The zero-order chi connectivity index (χ0) is 7.72. The Morgan fingerprint density at radius 3 is 2.80 bits per heavy atom. The Balaban J connectivity index is 3.31. The molecule has 0 aliphatic carbocycles. The van der Waals surface area contributed by atoms with E-state index in [0.717, 1.165) is 8.04 Å². The third-order valence-corrected chi connectivity index (χ3v) is 3.60. The van der Waals surface area contributed by atoms with Gasteiger partial charge < -0.3 is 5.73 Å². The summed E-state index contributed by atoms with van der Waals surface area (Å²) < 4.78 is 1.77. The van der Waals surface area contributed by atoms with Crippen LogP contribution < -0.4 is 5.73 Å². The van der Waals surface area contributed by atoms with Gasteiger partial charge in [0, 0.05) is 4.47 Å². The van der Waals surface area contributed by atoms with Crippen molar-refractivity contribution in [3.8, 4) is 0 Å². The van der Waals surface area contributed by atoms with E-state index in [-0.39, 0.29) is 0 Å². The van der Waals surface area contributed by atoms with Gasteiger partial charge in [0.1, 0.15) is 11.0 Å². The van der Waals surface area contributed by atoms with E-state index in [9.17, 15) is 0 Å². The van der Waals surface area contributed by atoms with Gasteiger partial charge in [0.15, 0.2) is 0 Å². The van der Waals surface area contributed by atoms with Crippen LogP contribution in [0.5, 0.6) is 0 Å². The average Bonchev–Trinajstić information content (AvgIpc) is 1.82. The molecule has 1 aromatic rings. The molecule has 2 N–H and O–H groups in total. The summed E-state index contributed by atoms with van der Waals surface area (Å²) in [5, 5.41) is 0.407. The lowest BCUT2D eigenvalue weighted by molar-refractivity contribution is 1.30. The molecule has 0 saturated carbocycles. The lowest BCUT2D eigenvalue weighted by atomic mass is 10.5. The Morgan fingerprint density at radius 1 is 1.70 bits per heavy atom. The maximum atomic E-state index is 5.60. The third-order valence-electron chi connectivity index (χ3n) is 0.908. The van der Waals surface area contributed by atoms with E-state index in [1.165, 1.54) is 0 Å². The smallest absolute Gasteiger partial charge is 0.139 e. The summed E-state index contributed by atoms with van der Waals surface area (Å²) in [5.74, 6) is 0.458. The van der Waals surface area contributed by atoms with E-state index in [0.29, 0.717) is 11.0 Å². The van der Waals surface area contributed by atoms with Crippen molar-refractivity contribution in [1.82, 2.24) is 4.98 Å². The minimum atomic E-state index is 0.407. The fourth-order valence-electron chi connectivity index (χ4n) is 0.487. The summed E-state index contributed by atoms with van der Waals surface area (Å²) in [6.45, 7) is 0. The molecule has 0 spiro atoms. The second kappa shape index (κ2) is 3.23. The van der Waals surface area contributed by atoms with Gasteiger partial charge in [-0.1, -0.05) is 11.6 Å². The van der Waals surface area contributed by atoms with Crippen molar-refractivity contribution in [2.75, 3.05) is 5.73 Å². The molecule has 5 heteroatoms. The van der Waals surface area contributed by atoms with E-state index >= 15 is 0 Å². The minimum absolute atomic E-state index is 0.407. The number of aromatic nitrogens is 1. The van der Waals surface area contributed by atoms with Crippen LogP contribution >= 0.6 is 50.1 Å². The summed E-state index contributed by atoms with van der Waals surface area (Å²) in [4.78, 5) is 3.84. The van der Waals surface area contributed by atoms with Gasteiger partial charge in [0.05, 0.1) is 3.57 Å². The molecule has 0 atom stereocenters. The van der Waals surface area contributed by atoms with E-state index in [4.69, 9.17) is 17.3 Å². The molecular weight excluding hydrogens is 330 g/mol. The van der Waals surface area contributed by atoms with Gasteiger partial charge in [0.25, 0.3) is 0 Å². The van der Waals surface area contributed by atoms with Crippen molar-refractivity contribution in [2.24, 2.45) is 0 Å². The molecule has 1 heterocycles. The summed E-state index contributed by atoms with van der Waals surface area (Å²) in [6.07, 6.45) is 0. The topological polar surface area (TPSA) is 38.9 Å². The molecule has 0 bridgehead atoms. The van der Waals surface area contributed by atoms with Crippen LogP contribution in [-0.2, 0) is 0 Å². The summed E-state index contributed by atoms with van der Waals surface area (Å²) >= 11 is 11.0. The number of halogens is 3. The van der Waals surface area contributed by atoms with Gasteiger partial charge in [-0.25, -0.2) is 4.98 Å². The molecular formula is C5H3BrClIN2. The van der Waals surface area contributed by atoms with Gasteiger partial charge >= 0.3 is 0 Å². The average molecular weight is 333 g/mol.